The van der Waals surface area contributed by atoms with Crippen LogP contribution in [0, 0.1) is 5.92 Å². The molecule has 2 aromatic heterocycles. The largest absolute Gasteiger partial charge is 0.477 e. The van der Waals surface area contributed by atoms with Crippen molar-refractivity contribution in [2.75, 3.05) is 0 Å². The summed E-state index contributed by atoms with van der Waals surface area (Å²) in [7, 11) is 0. The highest BCUT2D eigenvalue weighted by Crippen LogP contribution is 2.21. The molecule has 26 heavy (non-hydrogen) atoms. The fraction of sp³-hybridized carbons (Fsp3) is 0.588. The Bertz CT molecular complexity index is 785. The molecule has 3 N–H and O–H groups in total. The number of hydrogen-bond donors (Lipinski definition) is 3. The molecule has 2 aromatic rings. The van der Waals surface area contributed by atoms with Crippen molar-refractivity contribution in [3.63, 3.8) is 0 Å². The van der Waals surface area contributed by atoms with E-state index >= 15 is 0 Å². The van der Waals surface area contributed by atoms with Gasteiger partial charge in [0, 0.05) is 24.2 Å². The summed E-state index contributed by atoms with van der Waals surface area (Å²) in [6.07, 6.45) is 0.305. The van der Waals surface area contributed by atoms with E-state index in [1.54, 1.807) is 4.57 Å². The highest BCUT2D eigenvalue weighted by atomic mass is 35.5. The predicted octanol–water partition coefficient (Wildman–Crippen LogP) is 2.49. The van der Waals surface area contributed by atoms with E-state index in [0.29, 0.717) is 11.0 Å². The number of carboxylic acid groups (broad SMARTS) is 1. The SMILES string of the molecule is CC(C)[C@@H](Cn1c(C(=O)O)cc2cnc(Cl)nc21)NC(O)OC(C)(C)C. The quantitative estimate of drug-likeness (QED) is 0.497. The number of carbonyl (C=O) groups is 1. The standard InChI is InChI=1S/C17H25ClN4O4/c1-9(2)11(20-16(25)26-17(3,4)5)8-22-12(14(23)24)6-10-7-19-15(18)21-13(10)22/h6-7,9,11,16,20,25H,8H2,1-5H3,(H,23,24)/t11-,16?/m1/s1. The van der Waals surface area contributed by atoms with Crippen molar-refractivity contribution < 1.29 is 19.7 Å². The van der Waals surface area contributed by atoms with Gasteiger partial charge in [-0.1, -0.05) is 13.8 Å². The highest BCUT2D eigenvalue weighted by Gasteiger charge is 2.25. The first-order valence-corrected chi connectivity index (χ1v) is 8.72. The van der Waals surface area contributed by atoms with E-state index < -0.39 is 18.0 Å². The van der Waals surface area contributed by atoms with E-state index in [4.69, 9.17) is 16.3 Å². The van der Waals surface area contributed by atoms with Gasteiger partial charge in [0.2, 0.25) is 11.7 Å². The maximum atomic E-state index is 11.6. The summed E-state index contributed by atoms with van der Waals surface area (Å²) in [6, 6.07) is 1.24. The van der Waals surface area contributed by atoms with Gasteiger partial charge in [-0.15, -0.1) is 0 Å². The van der Waals surface area contributed by atoms with E-state index in [1.807, 2.05) is 34.6 Å². The van der Waals surface area contributed by atoms with Crippen molar-refractivity contribution in [3.05, 3.63) is 23.2 Å². The van der Waals surface area contributed by atoms with Crippen molar-refractivity contribution >= 4 is 28.6 Å². The molecule has 144 valence electrons. The second-order valence-electron chi connectivity index (χ2n) is 7.46. The number of rotatable bonds is 7. The number of carboxylic acids is 1. The third-order valence-corrected chi connectivity index (χ3v) is 4.01. The first-order valence-electron chi connectivity index (χ1n) is 8.35. The van der Waals surface area contributed by atoms with Crippen LogP contribution in [0.3, 0.4) is 0 Å². The van der Waals surface area contributed by atoms with Crippen LogP contribution in [0.4, 0.5) is 0 Å². The van der Waals surface area contributed by atoms with Crippen LogP contribution in [-0.2, 0) is 11.3 Å². The smallest absolute Gasteiger partial charge is 0.352 e. The van der Waals surface area contributed by atoms with Crippen molar-refractivity contribution in [1.29, 1.82) is 0 Å². The third-order valence-electron chi connectivity index (χ3n) is 3.83. The van der Waals surface area contributed by atoms with Crippen LogP contribution in [0.25, 0.3) is 11.0 Å². The van der Waals surface area contributed by atoms with Crippen LogP contribution in [0.1, 0.15) is 45.1 Å². The van der Waals surface area contributed by atoms with Gasteiger partial charge in [0.15, 0.2) is 0 Å². The fourth-order valence-electron chi connectivity index (χ4n) is 2.59. The Morgan fingerprint density at radius 2 is 2.08 bits per heavy atom. The Balaban J connectivity index is 2.34. The molecule has 1 unspecified atom stereocenters. The summed E-state index contributed by atoms with van der Waals surface area (Å²) >= 11 is 5.88. The fourth-order valence-corrected chi connectivity index (χ4v) is 2.71. The highest BCUT2D eigenvalue weighted by molar-refractivity contribution is 6.28. The molecule has 0 aliphatic heterocycles. The molecule has 8 nitrogen and oxygen atoms in total. The number of aromatic carboxylic acids is 1. The topological polar surface area (TPSA) is 110 Å². The number of fused-ring (bicyclic) bond motifs is 1. The van der Waals surface area contributed by atoms with Crippen LogP contribution in [0.15, 0.2) is 12.3 Å². The van der Waals surface area contributed by atoms with E-state index in [0.717, 1.165) is 0 Å². The Labute approximate surface area is 157 Å². The van der Waals surface area contributed by atoms with Crippen LogP contribution in [0.2, 0.25) is 5.28 Å². The molecule has 2 rings (SSSR count). The van der Waals surface area contributed by atoms with Gasteiger partial charge in [0.05, 0.1) is 5.60 Å². The first kappa shape index (κ1) is 20.6. The van der Waals surface area contributed by atoms with Gasteiger partial charge < -0.3 is 19.5 Å². The normalized spacial score (nSPS) is 14.8. The number of nitrogens with one attached hydrogen (secondary N) is 1. The molecule has 0 radical (unpaired) electrons. The Hall–Kier alpha value is -1.74. The maximum Gasteiger partial charge on any atom is 0.352 e. The second-order valence-corrected chi connectivity index (χ2v) is 7.80. The van der Waals surface area contributed by atoms with E-state index in [2.05, 4.69) is 15.3 Å². The van der Waals surface area contributed by atoms with Gasteiger partial charge >= 0.3 is 5.97 Å². The summed E-state index contributed by atoms with van der Waals surface area (Å²) in [4.78, 5) is 19.7. The molecule has 0 amide bonds. The molecule has 0 fully saturated rings. The number of nitrogens with zero attached hydrogens (tertiary/aromatic N) is 3. The zero-order valence-corrected chi connectivity index (χ0v) is 16.3. The summed E-state index contributed by atoms with van der Waals surface area (Å²) in [5, 5.41) is 23.3. The lowest BCUT2D eigenvalue weighted by atomic mass is 10.0. The first-order chi connectivity index (χ1) is 12.0. The number of aromatic nitrogens is 3. The number of halogens is 1. The summed E-state index contributed by atoms with van der Waals surface area (Å²) < 4.78 is 7.06. The minimum atomic E-state index is -1.18. The Kier molecular flexibility index (Phi) is 6.23. The maximum absolute atomic E-state index is 11.6. The second kappa shape index (κ2) is 7.87. The number of aliphatic hydroxyl groups is 1. The monoisotopic (exact) mass is 384 g/mol. The van der Waals surface area contributed by atoms with Gasteiger partial charge in [-0.3, -0.25) is 5.32 Å². The van der Waals surface area contributed by atoms with Gasteiger partial charge in [-0.05, 0) is 44.4 Å². The number of aliphatic hydroxyl groups excluding tert-OH is 1. The molecule has 0 spiro atoms. The number of ether oxygens (including phenoxy) is 1. The third kappa shape index (κ3) is 5.14. The Morgan fingerprint density at radius 1 is 1.42 bits per heavy atom. The van der Waals surface area contributed by atoms with Crippen LogP contribution in [-0.4, -0.2) is 48.8 Å². The van der Waals surface area contributed by atoms with E-state index in [1.165, 1.54) is 12.3 Å². The molecule has 2 atom stereocenters. The van der Waals surface area contributed by atoms with Crippen LogP contribution in [0.5, 0.6) is 0 Å². The molecule has 0 aromatic carbocycles. The van der Waals surface area contributed by atoms with E-state index in [9.17, 15) is 15.0 Å². The van der Waals surface area contributed by atoms with Gasteiger partial charge in [0.1, 0.15) is 11.3 Å². The summed E-state index contributed by atoms with van der Waals surface area (Å²) in [6.45, 7) is 9.71. The van der Waals surface area contributed by atoms with Gasteiger partial charge in [0.25, 0.3) is 0 Å². The predicted molar refractivity (Wildman–Crippen MR) is 98.1 cm³/mol. The average molecular weight is 385 g/mol. The molecule has 0 bridgehead atoms. The zero-order valence-electron chi connectivity index (χ0n) is 15.5. The van der Waals surface area contributed by atoms with Crippen molar-refractivity contribution in [2.45, 2.75) is 59.2 Å². The lowest BCUT2D eigenvalue weighted by molar-refractivity contribution is -0.187. The molecule has 0 aliphatic carbocycles. The van der Waals surface area contributed by atoms with Crippen molar-refractivity contribution in [3.8, 4) is 0 Å². The zero-order chi connectivity index (χ0) is 19.6. The van der Waals surface area contributed by atoms with Gasteiger partial charge in [-0.25, -0.2) is 9.78 Å². The van der Waals surface area contributed by atoms with Crippen LogP contribution < -0.4 is 5.32 Å². The number of hydrogen-bond acceptors (Lipinski definition) is 6. The molecule has 9 heteroatoms. The minimum Gasteiger partial charge on any atom is -0.477 e. The lowest BCUT2D eigenvalue weighted by Crippen LogP contribution is -2.47. The molecule has 0 saturated carbocycles. The lowest BCUT2D eigenvalue weighted by Gasteiger charge is -2.30. The van der Waals surface area contributed by atoms with Crippen molar-refractivity contribution in [1.82, 2.24) is 19.9 Å². The molecule has 0 aliphatic rings. The van der Waals surface area contributed by atoms with Gasteiger partial charge in [-0.2, -0.15) is 4.98 Å². The molecular weight excluding hydrogens is 360 g/mol. The summed E-state index contributed by atoms with van der Waals surface area (Å²) in [5.74, 6) is -0.988. The minimum absolute atomic E-state index is 0.0407. The summed E-state index contributed by atoms with van der Waals surface area (Å²) in [5.41, 5.74) is -0.0162. The van der Waals surface area contributed by atoms with Crippen LogP contribution >= 0.6 is 11.6 Å². The Morgan fingerprint density at radius 3 is 2.62 bits per heavy atom. The van der Waals surface area contributed by atoms with Crippen molar-refractivity contribution in [2.24, 2.45) is 5.92 Å². The molecule has 2 heterocycles. The van der Waals surface area contributed by atoms with E-state index in [-0.39, 0.29) is 29.5 Å². The molecular formula is C17H25ClN4O4. The average Bonchev–Trinajstić information content (AvgIpc) is 2.82. The molecule has 0 saturated heterocycles.